The summed E-state index contributed by atoms with van der Waals surface area (Å²) in [6.07, 6.45) is 2.06. The van der Waals surface area contributed by atoms with Crippen molar-refractivity contribution in [2.24, 2.45) is 0 Å². The number of rotatable bonds is 7. The van der Waals surface area contributed by atoms with Crippen LogP contribution in [-0.2, 0) is 10.0 Å². The van der Waals surface area contributed by atoms with Gasteiger partial charge in [0.1, 0.15) is 5.69 Å². The van der Waals surface area contributed by atoms with Crippen molar-refractivity contribution in [3.63, 3.8) is 0 Å². The largest absolute Gasteiger partial charge is 0.351 e. The number of hydrogen-bond acceptors (Lipinski definition) is 4. The minimum atomic E-state index is -3.14. The molecular formula is C10H18N4O3S. The molecule has 0 aliphatic rings. The van der Waals surface area contributed by atoms with Crippen molar-refractivity contribution in [3.8, 4) is 0 Å². The Morgan fingerprint density at radius 2 is 2.28 bits per heavy atom. The van der Waals surface area contributed by atoms with E-state index in [-0.39, 0.29) is 11.7 Å². The Morgan fingerprint density at radius 3 is 2.83 bits per heavy atom. The van der Waals surface area contributed by atoms with Crippen LogP contribution in [0.4, 0.5) is 0 Å². The Balaban J connectivity index is 2.25. The first-order chi connectivity index (χ1) is 8.47. The second-order valence-corrected chi connectivity index (χ2v) is 6.17. The van der Waals surface area contributed by atoms with Gasteiger partial charge in [-0.05, 0) is 19.4 Å². The van der Waals surface area contributed by atoms with E-state index in [0.717, 1.165) is 0 Å². The molecule has 0 radical (unpaired) electrons. The molecule has 18 heavy (non-hydrogen) atoms. The van der Waals surface area contributed by atoms with Crippen molar-refractivity contribution < 1.29 is 13.2 Å². The quantitative estimate of drug-likeness (QED) is 0.674. The fourth-order valence-corrected chi connectivity index (χ4v) is 2.19. The topological polar surface area (TPSA) is 95.2 Å². The highest BCUT2D eigenvalue weighted by atomic mass is 32.2. The number of sulfonamides is 1. The molecule has 1 heterocycles. The van der Waals surface area contributed by atoms with Crippen molar-refractivity contribution in [1.82, 2.24) is 19.8 Å². The lowest BCUT2D eigenvalue weighted by Gasteiger charge is -2.15. The third-order valence-electron chi connectivity index (χ3n) is 2.52. The summed E-state index contributed by atoms with van der Waals surface area (Å²) in [5.74, 6) is -0.155. The smallest absolute Gasteiger partial charge is 0.269 e. The van der Waals surface area contributed by atoms with Crippen LogP contribution in [0.3, 0.4) is 0 Å². The average Bonchev–Trinajstić information content (AvgIpc) is 2.87. The minimum Gasteiger partial charge on any atom is -0.351 e. The molecule has 0 saturated carbocycles. The van der Waals surface area contributed by atoms with Gasteiger partial charge in [-0.3, -0.25) is 9.89 Å². The first kappa shape index (κ1) is 14.7. The van der Waals surface area contributed by atoms with Crippen molar-refractivity contribution in [2.75, 3.05) is 25.9 Å². The first-order valence-electron chi connectivity index (χ1n) is 5.69. The Labute approximate surface area is 107 Å². The van der Waals surface area contributed by atoms with Crippen LogP contribution in [0.5, 0.6) is 0 Å². The SMILES string of the molecule is CCS(=O)(=O)N(C)CCCNC(=O)c1ccn[nH]1. The van der Waals surface area contributed by atoms with Crippen LogP contribution in [0.15, 0.2) is 12.3 Å². The van der Waals surface area contributed by atoms with Crippen LogP contribution >= 0.6 is 0 Å². The van der Waals surface area contributed by atoms with Crippen LogP contribution in [0, 0.1) is 0 Å². The summed E-state index contributed by atoms with van der Waals surface area (Å²) in [6, 6.07) is 1.57. The van der Waals surface area contributed by atoms with Gasteiger partial charge in [-0.25, -0.2) is 12.7 Å². The number of aromatic amines is 1. The van der Waals surface area contributed by atoms with E-state index in [4.69, 9.17) is 0 Å². The second-order valence-electron chi connectivity index (χ2n) is 3.80. The molecule has 102 valence electrons. The summed E-state index contributed by atoms with van der Waals surface area (Å²) in [5, 5.41) is 8.90. The van der Waals surface area contributed by atoms with Crippen molar-refractivity contribution >= 4 is 15.9 Å². The summed E-state index contributed by atoms with van der Waals surface area (Å²) >= 11 is 0. The number of nitrogens with zero attached hydrogens (tertiary/aromatic N) is 2. The van der Waals surface area contributed by atoms with Gasteiger partial charge < -0.3 is 5.32 Å². The van der Waals surface area contributed by atoms with Crippen LogP contribution in [0.25, 0.3) is 0 Å². The molecule has 0 spiro atoms. The number of H-pyrrole nitrogens is 1. The second kappa shape index (κ2) is 6.50. The number of carbonyl (C=O) groups is 1. The molecule has 0 aliphatic carbocycles. The van der Waals surface area contributed by atoms with Gasteiger partial charge in [-0.2, -0.15) is 5.10 Å². The van der Waals surface area contributed by atoms with Crippen LogP contribution in [0.2, 0.25) is 0 Å². The molecule has 1 aromatic heterocycles. The lowest BCUT2D eigenvalue weighted by Crippen LogP contribution is -2.32. The molecule has 7 nitrogen and oxygen atoms in total. The van der Waals surface area contributed by atoms with Crippen molar-refractivity contribution in [3.05, 3.63) is 18.0 Å². The molecule has 1 rings (SSSR count). The maximum Gasteiger partial charge on any atom is 0.269 e. The molecule has 0 unspecified atom stereocenters. The van der Waals surface area contributed by atoms with Gasteiger partial charge in [0, 0.05) is 26.3 Å². The monoisotopic (exact) mass is 274 g/mol. The molecule has 1 aromatic rings. The Bertz CT molecular complexity index is 469. The highest BCUT2D eigenvalue weighted by Crippen LogP contribution is 1.98. The predicted molar refractivity (Wildman–Crippen MR) is 67.6 cm³/mol. The van der Waals surface area contributed by atoms with E-state index in [2.05, 4.69) is 15.5 Å². The summed E-state index contributed by atoms with van der Waals surface area (Å²) in [5.41, 5.74) is 0.393. The molecule has 0 atom stereocenters. The third-order valence-corrected chi connectivity index (χ3v) is 4.38. The van der Waals surface area contributed by atoms with E-state index >= 15 is 0 Å². The van der Waals surface area contributed by atoms with Gasteiger partial charge in [0.2, 0.25) is 10.0 Å². The average molecular weight is 274 g/mol. The summed E-state index contributed by atoms with van der Waals surface area (Å²) in [4.78, 5) is 11.5. The fourth-order valence-electron chi connectivity index (χ4n) is 1.34. The van der Waals surface area contributed by atoms with Gasteiger partial charge in [-0.1, -0.05) is 0 Å². The summed E-state index contributed by atoms with van der Waals surface area (Å²) in [6.45, 7) is 2.41. The molecule has 0 fully saturated rings. The van der Waals surface area contributed by atoms with Gasteiger partial charge in [0.05, 0.1) is 5.75 Å². The Hall–Kier alpha value is -1.41. The Kier molecular flexibility index (Phi) is 5.29. The van der Waals surface area contributed by atoms with Crippen LogP contribution < -0.4 is 5.32 Å². The lowest BCUT2D eigenvalue weighted by atomic mass is 10.3. The minimum absolute atomic E-state index is 0.0873. The summed E-state index contributed by atoms with van der Waals surface area (Å²) < 4.78 is 24.2. The molecule has 8 heteroatoms. The number of nitrogens with one attached hydrogen (secondary N) is 2. The van der Waals surface area contributed by atoms with Crippen molar-refractivity contribution in [1.29, 1.82) is 0 Å². The number of aromatic nitrogens is 2. The van der Waals surface area contributed by atoms with Crippen LogP contribution in [0.1, 0.15) is 23.8 Å². The molecule has 0 saturated heterocycles. The molecule has 0 aromatic carbocycles. The van der Waals surface area contributed by atoms with Gasteiger partial charge in [0.15, 0.2) is 0 Å². The van der Waals surface area contributed by atoms with E-state index in [9.17, 15) is 13.2 Å². The van der Waals surface area contributed by atoms with E-state index in [1.165, 1.54) is 17.5 Å². The third kappa shape index (κ3) is 4.11. The molecule has 0 bridgehead atoms. The van der Waals surface area contributed by atoms with E-state index < -0.39 is 10.0 Å². The zero-order valence-electron chi connectivity index (χ0n) is 10.5. The number of hydrogen-bond donors (Lipinski definition) is 2. The zero-order chi connectivity index (χ0) is 13.6. The molecular weight excluding hydrogens is 256 g/mol. The van der Waals surface area contributed by atoms with Crippen molar-refractivity contribution in [2.45, 2.75) is 13.3 Å². The van der Waals surface area contributed by atoms with E-state index in [0.29, 0.717) is 25.2 Å². The molecule has 1 amide bonds. The molecule has 0 aliphatic heterocycles. The van der Waals surface area contributed by atoms with Gasteiger partial charge >= 0.3 is 0 Å². The van der Waals surface area contributed by atoms with E-state index in [1.54, 1.807) is 13.0 Å². The lowest BCUT2D eigenvalue weighted by molar-refractivity contribution is 0.0948. The zero-order valence-corrected chi connectivity index (χ0v) is 11.3. The molecule has 2 N–H and O–H groups in total. The normalized spacial score (nSPS) is 11.7. The Morgan fingerprint density at radius 1 is 1.56 bits per heavy atom. The predicted octanol–water partition coefficient (Wildman–Crippen LogP) is -0.189. The summed E-state index contributed by atoms with van der Waals surface area (Å²) in [7, 11) is -1.60. The number of amides is 1. The first-order valence-corrected chi connectivity index (χ1v) is 7.30. The highest BCUT2D eigenvalue weighted by Gasteiger charge is 2.14. The highest BCUT2D eigenvalue weighted by molar-refractivity contribution is 7.89. The standard InChI is InChI=1S/C10H18N4O3S/c1-3-18(16,17)14(2)8-4-6-11-10(15)9-5-7-12-13-9/h5,7H,3-4,6,8H2,1-2H3,(H,11,15)(H,12,13). The number of carbonyl (C=O) groups excluding carboxylic acids is 1. The van der Waals surface area contributed by atoms with Gasteiger partial charge in [0.25, 0.3) is 5.91 Å². The van der Waals surface area contributed by atoms with Crippen LogP contribution in [-0.4, -0.2) is 54.7 Å². The maximum absolute atomic E-state index is 11.5. The van der Waals surface area contributed by atoms with Gasteiger partial charge in [-0.15, -0.1) is 0 Å². The maximum atomic E-state index is 11.5. The fraction of sp³-hybridized carbons (Fsp3) is 0.600. The van der Waals surface area contributed by atoms with E-state index in [1.807, 2.05) is 0 Å².